The van der Waals surface area contributed by atoms with Crippen LogP contribution in [-0.2, 0) is 32.7 Å². The normalized spacial score (nSPS) is 12.3. The van der Waals surface area contributed by atoms with Gasteiger partial charge in [0, 0.05) is 53.8 Å². The van der Waals surface area contributed by atoms with E-state index in [9.17, 15) is 13.2 Å². The number of aryl methyl sites for hydroxylation is 1. The summed E-state index contributed by atoms with van der Waals surface area (Å²) in [7, 11) is -1.44. The molecule has 0 aliphatic rings. The summed E-state index contributed by atoms with van der Waals surface area (Å²) >= 11 is 0. The zero-order valence-electron chi connectivity index (χ0n) is 41.4. The summed E-state index contributed by atoms with van der Waals surface area (Å²) in [6.07, 6.45) is -1.41. The van der Waals surface area contributed by atoms with Crippen molar-refractivity contribution < 1.29 is 42.1 Å². The van der Waals surface area contributed by atoms with Gasteiger partial charge in [0.2, 0.25) is 5.71 Å². The van der Waals surface area contributed by atoms with Crippen LogP contribution < -0.4 is 5.19 Å². The Morgan fingerprint density at radius 1 is 0.662 bits per heavy atom. The maximum Gasteiger partial charge on any atom is 0.433 e. The van der Waals surface area contributed by atoms with Crippen LogP contribution in [0.25, 0.3) is 94.3 Å². The molecule has 0 aliphatic heterocycles. The van der Waals surface area contributed by atoms with Crippen LogP contribution in [0.3, 0.4) is 0 Å². The second kappa shape index (κ2) is 18.9. The average molecular weight is 1140 g/mol. The number of pyridine rings is 3. The van der Waals surface area contributed by atoms with Gasteiger partial charge in [-0.15, -0.1) is 36.4 Å². The monoisotopic (exact) mass is 1140 g/mol. The van der Waals surface area contributed by atoms with Crippen molar-refractivity contribution in [3.05, 3.63) is 156 Å². The molecule has 7 nitrogen and oxygen atoms in total. The summed E-state index contributed by atoms with van der Waals surface area (Å²) in [5, 5.41) is 5.81. The van der Waals surface area contributed by atoms with E-state index in [0.29, 0.717) is 33.7 Å². The molecule has 0 N–H and O–H groups in total. The molecule has 11 rings (SSSR count). The number of alkyl halides is 3. The summed E-state index contributed by atoms with van der Waals surface area (Å²) in [6.45, 7) is 22.4. The standard InChI is InChI=1S/C35H28F3N4O.C24H26NOSi.Ir/c1-18(2)21-8-6-9-22(19(3)4)30(21)42-31-25-13-12-20(5)39-27(25)15-16-28(31)40-33(42)26-11-7-10-23-24-14-17-29(35(36,37)38)41-34(24)43-32(23)26;1-16(2)13-17-14-21(25-15-23(17)27(3,4)5)20-11-8-10-19-18-9-6-7-12-22(18)26-24(19)20;/h6-10,12-19H,1-5H3;6-10,12,14-16H,13H2,1-5H3;/q2*-1;. The van der Waals surface area contributed by atoms with Gasteiger partial charge in [-0.2, -0.15) is 13.2 Å². The molecule has 6 aromatic heterocycles. The number of para-hydroxylation sites is 2. The van der Waals surface area contributed by atoms with E-state index in [4.69, 9.17) is 23.8 Å². The van der Waals surface area contributed by atoms with Gasteiger partial charge >= 0.3 is 6.18 Å². The molecule has 5 aromatic carbocycles. The van der Waals surface area contributed by atoms with E-state index >= 15 is 0 Å². The zero-order valence-corrected chi connectivity index (χ0v) is 44.8. The summed E-state index contributed by atoms with van der Waals surface area (Å²) in [5.41, 5.74) is 11.7. The Morgan fingerprint density at radius 3 is 1.99 bits per heavy atom. The van der Waals surface area contributed by atoms with Crippen LogP contribution in [0.5, 0.6) is 0 Å². The fraction of sp³-hybridized carbons (Fsp3) is 0.254. The number of benzene rings is 5. The van der Waals surface area contributed by atoms with Crippen molar-refractivity contribution in [2.24, 2.45) is 5.92 Å². The number of imidazole rings is 1. The molecule has 0 bridgehead atoms. The van der Waals surface area contributed by atoms with Crippen LogP contribution in [0, 0.1) is 25.0 Å². The first-order valence-electron chi connectivity index (χ1n) is 23.9. The van der Waals surface area contributed by atoms with E-state index in [1.165, 1.54) is 16.8 Å². The van der Waals surface area contributed by atoms with E-state index in [-0.39, 0.29) is 37.7 Å². The van der Waals surface area contributed by atoms with Gasteiger partial charge < -0.3 is 18.4 Å². The molecule has 363 valence electrons. The number of fused-ring (bicyclic) bond motifs is 9. The van der Waals surface area contributed by atoms with Crippen molar-refractivity contribution in [3.63, 3.8) is 0 Å². The third-order valence-electron chi connectivity index (χ3n) is 13.0. The SMILES string of the molecule is CC(C)Cc1cc(-c2[c-]ccc3c2oc2ccccc23)ncc1[Si](C)(C)C.Cc1ccc2c(ccc3nc(-c4[c-]ccc5c4oc4nc(C(F)(F)F)ccc45)n(-c4c(C(C)C)cccc4C(C)C)c32)n1.[Ir]. The van der Waals surface area contributed by atoms with Gasteiger partial charge in [-0.25, -0.2) is 4.98 Å². The summed E-state index contributed by atoms with van der Waals surface area (Å²) < 4.78 is 55.0. The first kappa shape index (κ1) is 49.5. The third-order valence-corrected chi connectivity index (χ3v) is 15.1. The van der Waals surface area contributed by atoms with Gasteiger partial charge in [0.25, 0.3) is 0 Å². The summed E-state index contributed by atoms with van der Waals surface area (Å²) in [5.74, 6) is 1.59. The fourth-order valence-electron chi connectivity index (χ4n) is 9.77. The van der Waals surface area contributed by atoms with Gasteiger partial charge in [0.15, 0.2) is 0 Å². The van der Waals surface area contributed by atoms with E-state index in [2.05, 4.69) is 138 Å². The van der Waals surface area contributed by atoms with Gasteiger partial charge in [-0.05, 0) is 95.6 Å². The Labute approximate surface area is 425 Å². The molecular weight excluding hydrogens is 1090 g/mol. The predicted molar refractivity (Wildman–Crippen MR) is 281 cm³/mol. The van der Waals surface area contributed by atoms with Crippen molar-refractivity contribution >= 4 is 79.2 Å². The number of aromatic nitrogens is 5. The number of hydrogen-bond donors (Lipinski definition) is 0. The molecule has 0 atom stereocenters. The number of rotatable bonds is 8. The molecule has 1 radical (unpaired) electrons. The van der Waals surface area contributed by atoms with Crippen LogP contribution in [0.1, 0.15) is 81.5 Å². The molecular formula is C59H54F3IrN5O2Si-2. The van der Waals surface area contributed by atoms with E-state index < -0.39 is 19.9 Å². The molecule has 0 unspecified atom stereocenters. The third kappa shape index (κ3) is 9.11. The minimum Gasteiger partial charge on any atom is -0.501 e. The van der Waals surface area contributed by atoms with E-state index in [0.717, 1.165) is 90.1 Å². The summed E-state index contributed by atoms with van der Waals surface area (Å²) in [6, 6.07) is 41.5. The Morgan fingerprint density at radius 2 is 1.31 bits per heavy atom. The Balaban J connectivity index is 0.000000192. The maximum atomic E-state index is 13.5. The molecule has 11 aromatic rings. The maximum absolute atomic E-state index is 13.5. The minimum absolute atomic E-state index is 0. The fourth-order valence-corrected chi connectivity index (χ4v) is 11.4. The van der Waals surface area contributed by atoms with Crippen molar-refractivity contribution in [3.8, 4) is 28.3 Å². The summed E-state index contributed by atoms with van der Waals surface area (Å²) in [4.78, 5) is 18.6. The zero-order chi connectivity index (χ0) is 49.4. The topological polar surface area (TPSA) is 82.8 Å². The quantitative estimate of drug-likeness (QED) is 0.111. The molecule has 0 fully saturated rings. The smallest absolute Gasteiger partial charge is 0.433 e. The predicted octanol–water partition coefficient (Wildman–Crippen LogP) is 16.1. The first-order chi connectivity index (χ1) is 33.4. The van der Waals surface area contributed by atoms with Crippen LogP contribution in [0.15, 0.2) is 124 Å². The average Bonchev–Trinajstić information content (AvgIpc) is 4.02. The second-order valence-electron chi connectivity index (χ2n) is 20.3. The van der Waals surface area contributed by atoms with Crippen LogP contribution in [0.2, 0.25) is 19.6 Å². The second-order valence-corrected chi connectivity index (χ2v) is 25.4. The molecule has 0 spiro atoms. The number of hydrogen-bond acceptors (Lipinski definition) is 6. The van der Waals surface area contributed by atoms with Crippen LogP contribution in [0.4, 0.5) is 13.2 Å². The number of furan rings is 2. The largest absolute Gasteiger partial charge is 0.501 e. The number of halogens is 3. The molecule has 0 saturated heterocycles. The van der Waals surface area contributed by atoms with Gasteiger partial charge in [-0.1, -0.05) is 131 Å². The first-order valence-corrected chi connectivity index (χ1v) is 27.4. The van der Waals surface area contributed by atoms with Crippen molar-refractivity contribution in [2.45, 2.75) is 92.5 Å². The molecule has 0 aliphatic carbocycles. The van der Waals surface area contributed by atoms with Crippen LogP contribution in [-0.4, -0.2) is 32.6 Å². The Bertz CT molecular complexity index is 3780. The minimum atomic E-state index is -4.59. The Kier molecular flexibility index (Phi) is 13.2. The van der Waals surface area contributed by atoms with E-state index in [1.807, 2.05) is 43.3 Å². The van der Waals surface area contributed by atoms with Gasteiger partial charge in [-0.3, -0.25) is 9.97 Å². The van der Waals surface area contributed by atoms with Crippen molar-refractivity contribution in [1.82, 2.24) is 24.5 Å². The Hall–Kier alpha value is -6.46. The molecule has 71 heavy (non-hydrogen) atoms. The molecule has 0 amide bonds. The van der Waals surface area contributed by atoms with Crippen molar-refractivity contribution in [2.75, 3.05) is 0 Å². The van der Waals surface area contributed by atoms with Crippen molar-refractivity contribution in [1.29, 1.82) is 0 Å². The number of nitrogens with zero attached hydrogens (tertiary/aromatic N) is 5. The van der Waals surface area contributed by atoms with Crippen LogP contribution >= 0.6 is 0 Å². The van der Waals surface area contributed by atoms with E-state index in [1.54, 1.807) is 12.1 Å². The molecule has 12 heteroatoms. The van der Waals surface area contributed by atoms with Gasteiger partial charge in [0.05, 0.1) is 41.6 Å². The molecule has 6 heterocycles. The van der Waals surface area contributed by atoms with Gasteiger partial charge in [0.1, 0.15) is 11.3 Å². The molecule has 0 saturated carbocycles.